The molecule has 0 bridgehead atoms. The molecular weight excluding hydrogens is 368 g/mol. The van der Waals surface area contributed by atoms with E-state index in [0.29, 0.717) is 41.7 Å². The molecule has 2 aromatic carbocycles. The number of nitrogens with one attached hydrogen (secondary N) is 1. The van der Waals surface area contributed by atoms with Gasteiger partial charge >= 0.3 is 0 Å². The Hall–Kier alpha value is -2.73. The molecule has 0 aromatic heterocycles. The van der Waals surface area contributed by atoms with Crippen LogP contribution in [0, 0.1) is 0 Å². The molecule has 1 aliphatic rings. The lowest BCUT2D eigenvalue weighted by molar-refractivity contribution is -0.126. The van der Waals surface area contributed by atoms with Gasteiger partial charge in [0.15, 0.2) is 11.5 Å². The Morgan fingerprint density at radius 3 is 2.67 bits per heavy atom. The Labute approximate surface area is 163 Å². The molecule has 0 fully saturated rings. The first-order valence-corrected chi connectivity index (χ1v) is 9.03. The van der Waals surface area contributed by atoms with E-state index >= 15 is 0 Å². The fraction of sp³-hybridized carbons (Fsp3) is 0.300. The number of hydrogen-bond acceptors (Lipinski definition) is 4. The van der Waals surface area contributed by atoms with E-state index in [2.05, 4.69) is 5.32 Å². The molecule has 1 heterocycles. The minimum absolute atomic E-state index is 0.167. The number of anilines is 1. The molecule has 0 unspecified atom stereocenters. The van der Waals surface area contributed by atoms with Crippen molar-refractivity contribution in [2.75, 3.05) is 25.2 Å². The number of halogens is 1. The molecule has 0 saturated heterocycles. The van der Waals surface area contributed by atoms with Gasteiger partial charge in [-0.1, -0.05) is 23.7 Å². The molecule has 0 spiro atoms. The van der Waals surface area contributed by atoms with Gasteiger partial charge in [-0.2, -0.15) is 0 Å². The number of ether oxygens (including phenoxy) is 2. The van der Waals surface area contributed by atoms with E-state index in [1.54, 1.807) is 30.2 Å². The first kappa shape index (κ1) is 19.0. The maximum Gasteiger partial charge on any atom is 0.254 e. The van der Waals surface area contributed by atoms with Gasteiger partial charge in [0, 0.05) is 29.7 Å². The molecule has 6 nitrogen and oxygen atoms in total. The minimum Gasteiger partial charge on any atom is -0.493 e. The summed E-state index contributed by atoms with van der Waals surface area (Å²) in [6.07, 6.45) is 0.624. The van der Waals surface area contributed by atoms with Gasteiger partial charge in [-0.25, -0.2) is 0 Å². The fourth-order valence-electron chi connectivity index (χ4n) is 3.13. The van der Waals surface area contributed by atoms with Crippen molar-refractivity contribution in [2.24, 2.45) is 0 Å². The molecule has 1 N–H and O–H groups in total. The standard InChI is InChI=1S/C20H21ClN2O4/c1-13(24)22-19-15-12-14(21)8-9-16(15)23(20(19)25)10-5-11-27-18-7-4-3-6-17(18)26-2/h3-4,6-9,12,19H,5,10-11H2,1-2H3,(H,22,24)/t19-/m1/s1. The van der Waals surface area contributed by atoms with Crippen molar-refractivity contribution in [2.45, 2.75) is 19.4 Å². The van der Waals surface area contributed by atoms with Crippen molar-refractivity contribution in [3.05, 3.63) is 53.1 Å². The highest BCUT2D eigenvalue weighted by Crippen LogP contribution is 2.37. The topological polar surface area (TPSA) is 67.9 Å². The summed E-state index contributed by atoms with van der Waals surface area (Å²) in [5, 5.41) is 3.23. The summed E-state index contributed by atoms with van der Waals surface area (Å²) < 4.78 is 11.0. The van der Waals surface area contributed by atoms with Crippen molar-refractivity contribution in [3.8, 4) is 11.5 Å². The Morgan fingerprint density at radius 2 is 1.96 bits per heavy atom. The van der Waals surface area contributed by atoms with Gasteiger partial charge in [-0.05, 0) is 36.8 Å². The average Bonchev–Trinajstić information content (AvgIpc) is 2.90. The van der Waals surface area contributed by atoms with E-state index in [1.807, 2.05) is 24.3 Å². The lowest BCUT2D eigenvalue weighted by Crippen LogP contribution is -2.37. The minimum atomic E-state index is -0.702. The van der Waals surface area contributed by atoms with Gasteiger partial charge in [-0.15, -0.1) is 0 Å². The van der Waals surface area contributed by atoms with Crippen LogP contribution in [0.3, 0.4) is 0 Å². The lowest BCUT2D eigenvalue weighted by Gasteiger charge is -2.18. The summed E-state index contributed by atoms with van der Waals surface area (Å²) in [6, 6.07) is 12.0. The monoisotopic (exact) mass is 388 g/mol. The molecule has 1 aliphatic heterocycles. The smallest absolute Gasteiger partial charge is 0.254 e. The summed E-state index contributed by atoms with van der Waals surface area (Å²) in [5.41, 5.74) is 1.48. The van der Waals surface area contributed by atoms with Gasteiger partial charge in [-0.3, -0.25) is 9.59 Å². The number of fused-ring (bicyclic) bond motifs is 1. The lowest BCUT2D eigenvalue weighted by atomic mass is 10.1. The molecule has 2 aromatic rings. The van der Waals surface area contributed by atoms with Crippen LogP contribution in [0.4, 0.5) is 5.69 Å². The van der Waals surface area contributed by atoms with Gasteiger partial charge in [0.25, 0.3) is 5.91 Å². The quantitative estimate of drug-likeness (QED) is 0.739. The first-order valence-electron chi connectivity index (χ1n) is 8.65. The van der Waals surface area contributed by atoms with Crippen molar-refractivity contribution in [3.63, 3.8) is 0 Å². The normalized spacial score (nSPS) is 15.4. The molecule has 3 rings (SSSR count). The van der Waals surface area contributed by atoms with Crippen molar-refractivity contribution in [1.82, 2.24) is 5.32 Å². The SMILES string of the molecule is COc1ccccc1OCCCN1C(=O)[C@H](NC(C)=O)c2cc(Cl)ccc21. The summed E-state index contributed by atoms with van der Waals surface area (Å²) in [7, 11) is 1.59. The van der Waals surface area contributed by atoms with Crippen molar-refractivity contribution >= 4 is 29.1 Å². The van der Waals surface area contributed by atoms with Crippen LogP contribution in [0.2, 0.25) is 5.02 Å². The molecule has 0 saturated carbocycles. The van der Waals surface area contributed by atoms with Crippen LogP contribution in [0.1, 0.15) is 24.9 Å². The van der Waals surface area contributed by atoms with Crippen LogP contribution in [0.5, 0.6) is 11.5 Å². The van der Waals surface area contributed by atoms with Gasteiger partial charge < -0.3 is 19.7 Å². The third-order valence-corrected chi connectivity index (χ3v) is 4.54. The third-order valence-electron chi connectivity index (χ3n) is 4.30. The maximum atomic E-state index is 12.8. The predicted octanol–water partition coefficient (Wildman–Crippen LogP) is 3.34. The van der Waals surface area contributed by atoms with Crippen LogP contribution in [-0.4, -0.2) is 32.1 Å². The molecule has 7 heteroatoms. The predicted molar refractivity (Wildman–Crippen MR) is 103 cm³/mol. The zero-order valence-corrected chi connectivity index (χ0v) is 16.0. The second-order valence-corrected chi connectivity index (χ2v) is 6.62. The summed E-state index contributed by atoms with van der Waals surface area (Å²) in [5.74, 6) is 0.900. The highest BCUT2D eigenvalue weighted by molar-refractivity contribution is 6.31. The number of carbonyl (C=O) groups excluding carboxylic acids is 2. The summed E-state index contributed by atoms with van der Waals surface area (Å²) >= 11 is 6.07. The van der Waals surface area contributed by atoms with Gasteiger partial charge in [0.05, 0.1) is 13.7 Å². The van der Waals surface area contributed by atoms with Crippen molar-refractivity contribution < 1.29 is 19.1 Å². The molecule has 2 amide bonds. The summed E-state index contributed by atoms with van der Waals surface area (Å²) in [4.78, 5) is 25.9. The Kier molecular flexibility index (Phi) is 5.86. The second kappa shape index (κ2) is 8.31. The number of methoxy groups -OCH3 is 1. The molecular formula is C20H21ClN2O4. The zero-order valence-electron chi connectivity index (χ0n) is 15.2. The number of hydrogen-bond donors (Lipinski definition) is 1. The number of amides is 2. The van der Waals surface area contributed by atoms with E-state index in [-0.39, 0.29) is 11.8 Å². The third kappa shape index (κ3) is 4.17. The van der Waals surface area contributed by atoms with Crippen LogP contribution >= 0.6 is 11.6 Å². The fourth-order valence-corrected chi connectivity index (χ4v) is 3.31. The average molecular weight is 389 g/mol. The van der Waals surface area contributed by atoms with Crippen LogP contribution in [0.15, 0.2) is 42.5 Å². The summed E-state index contributed by atoms with van der Waals surface area (Å²) in [6.45, 7) is 2.29. The largest absolute Gasteiger partial charge is 0.493 e. The molecule has 27 heavy (non-hydrogen) atoms. The van der Waals surface area contributed by atoms with E-state index in [4.69, 9.17) is 21.1 Å². The van der Waals surface area contributed by atoms with E-state index in [9.17, 15) is 9.59 Å². The second-order valence-electron chi connectivity index (χ2n) is 6.18. The highest BCUT2D eigenvalue weighted by atomic mass is 35.5. The number of nitrogens with zero attached hydrogens (tertiary/aromatic N) is 1. The Bertz CT molecular complexity index is 856. The Balaban J connectivity index is 1.66. The van der Waals surface area contributed by atoms with E-state index in [0.717, 1.165) is 5.69 Å². The zero-order chi connectivity index (χ0) is 19.4. The van der Waals surface area contributed by atoms with Crippen molar-refractivity contribution in [1.29, 1.82) is 0 Å². The maximum absolute atomic E-state index is 12.8. The van der Waals surface area contributed by atoms with Gasteiger partial charge in [0.2, 0.25) is 5.91 Å². The molecule has 0 aliphatic carbocycles. The van der Waals surface area contributed by atoms with Crippen LogP contribution < -0.4 is 19.7 Å². The van der Waals surface area contributed by atoms with Crippen LogP contribution in [-0.2, 0) is 9.59 Å². The number of carbonyl (C=O) groups is 2. The Morgan fingerprint density at radius 1 is 1.22 bits per heavy atom. The highest BCUT2D eigenvalue weighted by Gasteiger charge is 2.37. The number of benzene rings is 2. The van der Waals surface area contributed by atoms with Crippen LogP contribution in [0.25, 0.3) is 0 Å². The van der Waals surface area contributed by atoms with E-state index < -0.39 is 6.04 Å². The van der Waals surface area contributed by atoms with E-state index in [1.165, 1.54) is 6.92 Å². The number of para-hydroxylation sites is 2. The molecule has 1 atom stereocenters. The first-order chi connectivity index (χ1) is 13.0. The molecule has 0 radical (unpaired) electrons. The molecule has 142 valence electrons. The van der Waals surface area contributed by atoms with Gasteiger partial charge in [0.1, 0.15) is 6.04 Å². The number of rotatable bonds is 7.